The summed E-state index contributed by atoms with van der Waals surface area (Å²) in [5.41, 5.74) is -0.703. The van der Waals surface area contributed by atoms with E-state index in [0.717, 1.165) is 19.3 Å². The molecule has 2 N–H and O–H groups in total. The summed E-state index contributed by atoms with van der Waals surface area (Å²) in [6.45, 7) is 3.27. The van der Waals surface area contributed by atoms with E-state index < -0.39 is 17.4 Å². The van der Waals surface area contributed by atoms with Gasteiger partial charge in [-0.15, -0.1) is 0 Å². The van der Waals surface area contributed by atoms with Gasteiger partial charge in [-0.3, -0.25) is 9.59 Å². The fourth-order valence-corrected chi connectivity index (χ4v) is 3.23. The average Bonchev–Trinajstić information content (AvgIpc) is 2.60. The van der Waals surface area contributed by atoms with Crippen molar-refractivity contribution in [2.24, 2.45) is 5.92 Å². The van der Waals surface area contributed by atoms with Gasteiger partial charge in [0.15, 0.2) is 12.4 Å². The predicted molar refractivity (Wildman–Crippen MR) is 92.7 cm³/mol. The zero-order chi connectivity index (χ0) is 18.4. The number of amides is 1. The second-order valence-corrected chi connectivity index (χ2v) is 6.66. The third-order valence-electron chi connectivity index (χ3n) is 4.93. The summed E-state index contributed by atoms with van der Waals surface area (Å²) < 4.78 is 5.41. The van der Waals surface area contributed by atoms with Crippen LogP contribution in [0.5, 0.6) is 5.75 Å². The highest BCUT2D eigenvalue weighted by molar-refractivity contribution is 5.94. The highest BCUT2D eigenvalue weighted by atomic mass is 16.5. The van der Waals surface area contributed by atoms with Gasteiger partial charge in [-0.25, -0.2) is 4.79 Å². The molecule has 1 aliphatic carbocycles. The molecule has 1 saturated carbocycles. The summed E-state index contributed by atoms with van der Waals surface area (Å²) in [5.74, 6) is -0.621. The summed E-state index contributed by atoms with van der Waals surface area (Å²) in [5, 5.41) is 12.2. The van der Waals surface area contributed by atoms with Gasteiger partial charge in [-0.2, -0.15) is 0 Å². The van der Waals surface area contributed by atoms with Gasteiger partial charge in [0, 0.05) is 5.56 Å². The van der Waals surface area contributed by atoms with Gasteiger partial charge in [-0.1, -0.05) is 25.5 Å². The second kappa shape index (κ2) is 8.14. The Hall–Kier alpha value is -2.37. The maximum atomic E-state index is 12.2. The molecule has 25 heavy (non-hydrogen) atoms. The number of hydrogen-bond acceptors (Lipinski definition) is 4. The van der Waals surface area contributed by atoms with Crippen LogP contribution >= 0.6 is 0 Å². The summed E-state index contributed by atoms with van der Waals surface area (Å²) in [4.78, 5) is 35.3. The highest BCUT2D eigenvalue weighted by Crippen LogP contribution is 2.34. The van der Waals surface area contributed by atoms with Crippen molar-refractivity contribution < 1.29 is 24.2 Å². The highest BCUT2D eigenvalue weighted by Gasteiger charge is 2.42. The first-order valence-electron chi connectivity index (χ1n) is 8.64. The van der Waals surface area contributed by atoms with Crippen molar-refractivity contribution in [1.82, 2.24) is 5.32 Å². The van der Waals surface area contributed by atoms with E-state index in [9.17, 15) is 19.5 Å². The van der Waals surface area contributed by atoms with Gasteiger partial charge in [0.25, 0.3) is 5.91 Å². The lowest BCUT2D eigenvalue weighted by molar-refractivity contribution is -0.150. The predicted octanol–water partition coefficient (Wildman–Crippen LogP) is 2.81. The minimum Gasteiger partial charge on any atom is -0.484 e. The zero-order valence-corrected chi connectivity index (χ0v) is 14.7. The van der Waals surface area contributed by atoms with Gasteiger partial charge in [0.05, 0.1) is 0 Å². The fourth-order valence-electron chi connectivity index (χ4n) is 3.23. The van der Waals surface area contributed by atoms with Gasteiger partial charge < -0.3 is 15.2 Å². The Morgan fingerprint density at radius 3 is 2.52 bits per heavy atom. The Labute approximate surface area is 147 Å². The molecule has 0 atom stereocenters. The van der Waals surface area contributed by atoms with Crippen LogP contribution in [0, 0.1) is 5.92 Å². The molecule has 0 unspecified atom stereocenters. The Bertz CT molecular complexity index is 647. The van der Waals surface area contributed by atoms with Crippen LogP contribution in [0.2, 0.25) is 0 Å². The third-order valence-corrected chi connectivity index (χ3v) is 4.93. The van der Waals surface area contributed by atoms with Crippen LogP contribution in [0.3, 0.4) is 0 Å². The van der Waals surface area contributed by atoms with Crippen molar-refractivity contribution in [3.05, 3.63) is 29.8 Å². The van der Waals surface area contributed by atoms with Gasteiger partial charge >= 0.3 is 5.97 Å². The normalized spacial score (nSPS) is 22.9. The van der Waals surface area contributed by atoms with Crippen LogP contribution in [0.15, 0.2) is 24.3 Å². The van der Waals surface area contributed by atoms with Crippen LogP contribution in [0.25, 0.3) is 0 Å². The molecule has 1 fully saturated rings. The number of Topliss-reactive ketones (excluding diaryl/α,β-unsaturated/α-hetero) is 1. The Balaban J connectivity index is 1.95. The Morgan fingerprint density at radius 1 is 1.28 bits per heavy atom. The summed E-state index contributed by atoms with van der Waals surface area (Å²) in [6, 6.07) is 6.56. The second-order valence-electron chi connectivity index (χ2n) is 6.66. The molecule has 0 aromatic heterocycles. The van der Waals surface area contributed by atoms with Crippen molar-refractivity contribution in [2.75, 3.05) is 6.61 Å². The van der Waals surface area contributed by atoms with E-state index in [4.69, 9.17) is 4.74 Å². The molecular weight excluding hydrogens is 322 g/mol. The van der Waals surface area contributed by atoms with E-state index in [1.165, 1.54) is 6.92 Å². The molecule has 1 amide bonds. The maximum absolute atomic E-state index is 12.2. The average molecular weight is 347 g/mol. The van der Waals surface area contributed by atoms with Crippen molar-refractivity contribution in [1.29, 1.82) is 0 Å². The minimum atomic E-state index is -1.20. The molecule has 0 spiro atoms. The SMILES string of the molecule is CCC1CCC(NC(=O)COc2cccc(C(C)=O)c2)(C(=O)O)CC1. The maximum Gasteiger partial charge on any atom is 0.329 e. The smallest absolute Gasteiger partial charge is 0.329 e. The first-order valence-corrected chi connectivity index (χ1v) is 8.64. The third kappa shape index (κ3) is 4.81. The number of carboxylic acid groups (broad SMARTS) is 1. The number of carbonyl (C=O) groups excluding carboxylic acids is 2. The molecular formula is C19H25NO5. The Morgan fingerprint density at radius 2 is 1.96 bits per heavy atom. The number of ketones is 1. The van der Waals surface area contributed by atoms with Crippen LogP contribution in [-0.4, -0.2) is 34.9 Å². The quantitative estimate of drug-likeness (QED) is 0.740. The van der Waals surface area contributed by atoms with E-state index in [1.54, 1.807) is 24.3 Å². The summed E-state index contributed by atoms with van der Waals surface area (Å²) >= 11 is 0. The number of rotatable bonds is 7. The number of nitrogens with one attached hydrogen (secondary N) is 1. The molecule has 0 radical (unpaired) electrons. The minimum absolute atomic E-state index is 0.0904. The number of benzene rings is 1. The fraction of sp³-hybridized carbons (Fsp3) is 0.526. The van der Waals surface area contributed by atoms with Gasteiger partial charge in [0.1, 0.15) is 11.3 Å². The standard InChI is InChI=1S/C19H25NO5/c1-3-14-7-9-19(10-8-14,18(23)24)20-17(22)12-25-16-6-4-5-15(11-16)13(2)21/h4-6,11,14H,3,7-10,12H2,1-2H3,(H,20,22)(H,23,24). The first-order chi connectivity index (χ1) is 11.9. The monoisotopic (exact) mass is 347 g/mol. The van der Waals surface area contributed by atoms with E-state index >= 15 is 0 Å². The van der Waals surface area contributed by atoms with E-state index in [-0.39, 0.29) is 12.4 Å². The summed E-state index contributed by atoms with van der Waals surface area (Å²) in [7, 11) is 0. The molecule has 6 heteroatoms. The molecule has 1 aliphatic rings. The molecule has 136 valence electrons. The van der Waals surface area contributed by atoms with Crippen molar-refractivity contribution >= 4 is 17.7 Å². The van der Waals surface area contributed by atoms with E-state index in [0.29, 0.717) is 30.1 Å². The lowest BCUT2D eigenvalue weighted by Gasteiger charge is -2.37. The number of ether oxygens (including phenoxy) is 1. The topological polar surface area (TPSA) is 92.7 Å². The van der Waals surface area contributed by atoms with E-state index in [1.807, 2.05) is 0 Å². The number of hydrogen-bond donors (Lipinski definition) is 2. The van der Waals surface area contributed by atoms with Crippen molar-refractivity contribution in [3.63, 3.8) is 0 Å². The molecule has 0 heterocycles. The molecule has 6 nitrogen and oxygen atoms in total. The molecule has 2 rings (SSSR count). The van der Waals surface area contributed by atoms with Gasteiger partial charge in [0.2, 0.25) is 0 Å². The zero-order valence-electron chi connectivity index (χ0n) is 14.7. The van der Waals surface area contributed by atoms with Crippen LogP contribution < -0.4 is 10.1 Å². The van der Waals surface area contributed by atoms with Crippen molar-refractivity contribution in [2.45, 2.75) is 51.5 Å². The largest absolute Gasteiger partial charge is 0.484 e. The number of carboxylic acids is 1. The first kappa shape index (κ1) is 19.0. The lowest BCUT2D eigenvalue weighted by Crippen LogP contribution is -2.57. The number of carbonyl (C=O) groups is 3. The molecule has 0 saturated heterocycles. The lowest BCUT2D eigenvalue weighted by atomic mass is 9.75. The van der Waals surface area contributed by atoms with Crippen LogP contribution in [0.1, 0.15) is 56.3 Å². The van der Waals surface area contributed by atoms with Gasteiger partial charge in [-0.05, 0) is 50.7 Å². The van der Waals surface area contributed by atoms with E-state index in [2.05, 4.69) is 12.2 Å². The van der Waals surface area contributed by atoms with Crippen LogP contribution in [-0.2, 0) is 9.59 Å². The molecule has 1 aromatic rings. The molecule has 0 bridgehead atoms. The van der Waals surface area contributed by atoms with Crippen molar-refractivity contribution in [3.8, 4) is 5.75 Å². The van der Waals surface area contributed by atoms with Crippen LogP contribution in [0.4, 0.5) is 0 Å². The molecule has 1 aromatic carbocycles. The number of aliphatic carboxylic acids is 1. The summed E-state index contributed by atoms with van der Waals surface area (Å²) in [6.07, 6.45) is 3.49. The molecule has 0 aliphatic heterocycles. The Kier molecular flexibility index (Phi) is 6.17.